The van der Waals surface area contributed by atoms with Gasteiger partial charge >= 0.3 is 0 Å². The van der Waals surface area contributed by atoms with E-state index in [0.29, 0.717) is 30.5 Å². The van der Waals surface area contributed by atoms with Gasteiger partial charge < -0.3 is 10.6 Å². The van der Waals surface area contributed by atoms with Crippen molar-refractivity contribution in [2.75, 3.05) is 18.4 Å². The summed E-state index contributed by atoms with van der Waals surface area (Å²) in [5, 5.41) is 18.5. The molecule has 38 heavy (non-hydrogen) atoms. The van der Waals surface area contributed by atoms with E-state index in [2.05, 4.69) is 31.4 Å². The van der Waals surface area contributed by atoms with E-state index < -0.39 is 4.92 Å². The predicted molar refractivity (Wildman–Crippen MR) is 152 cm³/mol. The third-order valence-electron chi connectivity index (χ3n) is 8.16. The molecule has 3 aromatic rings. The molecule has 8 nitrogen and oxygen atoms in total. The zero-order chi connectivity index (χ0) is 26.9. The standard InChI is InChI=1S/C29H37N5O3S/c1-29(2,3)20-11-14-22-23(17-20)38-28-24(22)26(32-25(33-28)18-7-5-4-6-8-18)30-15-16-31-27(35)19-9-12-21(13-10-19)34(36)37/h9-10,12-13,18,20H,4-8,11,14-17H2,1-3H3,(H,31,35)(H,30,32,33)/t20-/m1/s1. The van der Waals surface area contributed by atoms with Crippen LogP contribution in [0, 0.1) is 21.4 Å². The summed E-state index contributed by atoms with van der Waals surface area (Å²) >= 11 is 1.85. The molecule has 2 aliphatic carbocycles. The number of rotatable bonds is 7. The van der Waals surface area contributed by atoms with E-state index in [1.807, 2.05) is 11.3 Å². The molecule has 1 saturated carbocycles. The molecular weight excluding hydrogens is 498 g/mol. The van der Waals surface area contributed by atoms with Crippen LogP contribution in [0.5, 0.6) is 0 Å². The summed E-state index contributed by atoms with van der Waals surface area (Å²) in [6.45, 7) is 7.97. The highest BCUT2D eigenvalue weighted by molar-refractivity contribution is 7.19. The lowest BCUT2D eigenvalue weighted by Crippen LogP contribution is -2.29. The first-order valence-electron chi connectivity index (χ1n) is 13.8. The number of carbonyl (C=O) groups excluding carboxylic acids is 1. The van der Waals surface area contributed by atoms with Gasteiger partial charge in [-0.15, -0.1) is 11.3 Å². The number of anilines is 1. The Balaban J connectivity index is 1.34. The number of carbonyl (C=O) groups is 1. The van der Waals surface area contributed by atoms with E-state index in [4.69, 9.17) is 9.97 Å². The van der Waals surface area contributed by atoms with Gasteiger partial charge in [-0.1, -0.05) is 40.0 Å². The number of non-ortho nitro benzene ring substituents is 1. The lowest BCUT2D eigenvalue weighted by atomic mass is 9.72. The number of fused-ring (bicyclic) bond motifs is 3. The topological polar surface area (TPSA) is 110 Å². The number of thiophene rings is 1. The normalized spacial score (nSPS) is 18.2. The number of nitrogens with zero attached hydrogens (tertiary/aromatic N) is 3. The Kier molecular flexibility index (Phi) is 7.66. The summed E-state index contributed by atoms with van der Waals surface area (Å²) in [4.78, 5) is 35.7. The average Bonchev–Trinajstić information content (AvgIpc) is 3.29. The van der Waals surface area contributed by atoms with Crippen LogP contribution in [-0.2, 0) is 12.8 Å². The van der Waals surface area contributed by atoms with Crippen molar-refractivity contribution in [3.05, 3.63) is 56.2 Å². The number of aromatic nitrogens is 2. The van der Waals surface area contributed by atoms with Crippen molar-refractivity contribution in [2.45, 2.75) is 78.1 Å². The summed E-state index contributed by atoms with van der Waals surface area (Å²) in [6, 6.07) is 5.66. The van der Waals surface area contributed by atoms with Crippen molar-refractivity contribution in [1.29, 1.82) is 0 Å². The van der Waals surface area contributed by atoms with Gasteiger partial charge in [-0.05, 0) is 61.1 Å². The number of benzene rings is 1. The Labute approximate surface area is 227 Å². The summed E-state index contributed by atoms with van der Waals surface area (Å²) < 4.78 is 0. The van der Waals surface area contributed by atoms with Crippen molar-refractivity contribution < 1.29 is 9.72 Å². The van der Waals surface area contributed by atoms with Crippen LogP contribution in [0.1, 0.15) is 91.8 Å². The van der Waals surface area contributed by atoms with E-state index in [9.17, 15) is 14.9 Å². The van der Waals surface area contributed by atoms with Crippen molar-refractivity contribution >= 4 is 39.0 Å². The summed E-state index contributed by atoms with van der Waals surface area (Å²) in [6.07, 6.45) is 9.38. The van der Waals surface area contributed by atoms with Crippen molar-refractivity contribution in [1.82, 2.24) is 15.3 Å². The highest BCUT2D eigenvalue weighted by atomic mass is 32.1. The van der Waals surface area contributed by atoms with Crippen molar-refractivity contribution in [3.63, 3.8) is 0 Å². The summed E-state index contributed by atoms with van der Waals surface area (Å²) in [5.74, 6) is 2.68. The molecule has 2 aromatic heterocycles. The second kappa shape index (κ2) is 11.0. The molecule has 0 saturated heterocycles. The molecule has 9 heteroatoms. The van der Waals surface area contributed by atoms with Crippen LogP contribution < -0.4 is 10.6 Å². The number of amides is 1. The molecule has 0 spiro atoms. The number of nitro groups is 1. The van der Waals surface area contributed by atoms with E-state index in [0.717, 1.165) is 42.2 Å². The van der Waals surface area contributed by atoms with Gasteiger partial charge in [0.05, 0.1) is 10.3 Å². The fourth-order valence-electron chi connectivity index (χ4n) is 5.80. The maximum Gasteiger partial charge on any atom is 0.269 e. The number of nitro benzene ring substituents is 1. The quantitative estimate of drug-likeness (QED) is 0.199. The highest BCUT2D eigenvalue weighted by Crippen LogP contribution is 2.45. The molecule has 202 valence electrons. The number of hydrogen-bond acceptors (Lipinski definition) is 7. The van der Waals surface area contributed by atoms with Crippen molar-refractivity contribution in [3.8, 4) is 0 Å². The van der Waals surface area contributed by atoms with Crippen LogP contribution in [0.25, 0.3) is 10.2 Å². The lowest BCUT2D eigenvalue weighted by molar-refractivity contribution is -0.384. The minimum absolute atomic E-state index is 0.0299. The average molecular weight is 536 g/mol. The largest absolute Gasteiger partial charge is 0.368 e. The SMILES string of the molecule is CC(C)(C)[C@@H]1CCc2c(sc3nc(C4CCCCC4)nc(NCCNC(=O)c4ccc([N+](=O)[O-])cc4)c23)C1. The first-order chi connectivity index (χ1) is 18.2. The van der Waals surface area contributed by atoms with Crippen LogP contribution in [0.15, 0.2) is 24.3 Å². The second-order valence-corrected chi connectivity index (χ2v) is 12.8. The van der Waals surface area contributed by atoms with Gasteiger partial charge in [0.15, 0.2) is 0 Å². The Morgan fingerprint density at radius 3 is 2.50 bits per heavy atom. The second-order valence-electron chi connectivity index (χ2n) is 11.7. The molecule has 1 aromatic carbocycles. The van der Waals surface area contributed by atoms with Gasteiger partial charge in [0, 0.05) is 41.6 Å². The third-order valence-corrected chi connectivity index (χ3v) is 9.31. The van der Waals surface area contributed by atoms with Gasteiger partial charge in [0.25, 0.3) is 11.6 Å². The number of nitrogens with one attached hydrogen (secondary N) is 2. The Bertz CT molecular complexity index is 1320. The Hall–Kier alpha value is -3.07. The molecule has 1 atom stereocenters. The molecular formula is C29H37N5O3S. The maximum atomic E-state index is 12.5. The molecule has 0 bridgehead atoms. The fraction of sp³-hybridized carbons (Fsp3) is 0.552. The van der Waals surface area contributed by atoms with E-state index in [1.165, 1.54) is 65.8 Å². The van der Waals surface area contributed by atoms with Crippen LogP contribution >= 0.6 is 11.3 Å². The molecule has 0 unspecified atom stereocenters. The third kappa shape index (κ3) is 5.67. The van der Waals surface area contributed by atoms with Gasteiger partial charge in [-0.2, -0.15) is 0 Å². The summed E-state index contributed by atoms with van der Waals surface area (Å²) in [5.41, 5.74) is 2.06. The molecule has 1 amide bonds. The Morgan fingerprint density at radius 2 is 1.82 bits per heavy atom. The number of hydrogen-bond donors (Lipinski definition) is 2. The minimum atomic E-state index is -0.470. The van der Waals surface area contributed by atoms with Gasteiger partial charge in [-0.25, -0.2) is 9.97 Å². The molecule has 0 radical (unpaired) electrons. The smallest absolute Gasteiger partial charge is 0.269 e. The fourth-order valence-corrected chi connectivity index (χ4v) is 7.10. The monoisotopic (exact) mass is 535 g/mol. The van der Waals surface area contributed by atoms with Gasteiger partial charge in [-0.3, -0.25) is 14.9 Å². The first-order valence-corrected chi connectivity index (χ1v) is 14.6. The number of aryl methyl sites for hydroxylation is 1. The molecule has 0 aliphatic heterocycles. The predicted octanol–water partition coefficient (Wildman–Crippen LogP) is 6.64. The Morgan fingerprint density at radius 1 is 1.08 bits per heavy atom. The van der Waals surface area contributed by atoms with Gasteiger partial charge in [0.2, 0.25) is 0 Å². The minimum Gasteiger partial charge on any atom is -0.368 e. The van der Waals surface area contributed by atoms with Gasteiger partial charge in [0.1, 0.15) is 16.5 Å². The molecule has 2 heterocycles. The van der Waals surface area contributed by atoms with Crippen LogP contribution in [0.3, 0.4) is 0 Å². The summed E-state index contributed by atoms with van der Waals surface area (Å²) in [7, 11) is 0. The van der Waals surface area contributed by atoms with E-state index in [-0.39, 0.29) is 17.0 Å². The lowest BCUT2D eigenvalue weighted by Gasteiger charge is -2.33. The molecule has 2 aliphatic rings. The molecule has 2 N–H and O–H groups in total. The van der Waals surface area contributed by atoms with Crippen LogP contribution in [0.4, 0.5) is 11.5 Å². The first kappa shape index (κ1) is 26.5. The van der Waals surface area contributed by atoms with Crippen LogP contribution in [0.2, 0.25) is 0 Å². The molecule has 5 rings (SSSR count). The van der Waals surface area contributed by atoms with E-state index in [1.54, 1.807) is 0 Å². The van der Waals surface area contributed by atoms with Crippen molar-refractivity contribution in [2.24, 2.45) is 11.3 Å². The zero-order valence-corrected chi connectivity index (χ0v) is 23.3. The zero-order valence-electron chi connectivity index (χ0n) is 22.5. The van der Waals surface area contributed by atoms with Crippen LogP contribution in [-0.4, -0.2) is 33.9 Å². The van der Waals surface area contributed by atoms with E-state index >= 15 is 0 Å². The maximum absolute atomic E-state index is 12.5. The molecule has 1 fully saturated rings. The highest BCUT2D eigenvalue weighted by Gasteiger charge is 2.32.